The highest BCUT2D eigenvalue weighted by Gasteiger charge is 2.26. The van der Waals surface area contributed by atoms with Crippen molar-refractivity contribution in [3.05, 3.63) is 71.1 Å². The third-order valence-corrected chi connectivity index (χ3v) is 5.60. The summed E-state index contributed by atoms with van der Waals surface area (Å²) in [5.41, 5.74) is 1.93. The molecule has 0 radical (unpaired) electrons. The van der Waals surface area contributed by atoms with Crippen LogP contribution in [-0.4, -0.2) is 29.4 Å². The summed E-state index contributed by atoms with van der Waals surface area (Å²) in [5.74, 6) is -0.417. The van der Waals surface area contributed by atoms with E-state index < -0.39 is 18.0 Å². The summed E-state index contributed by atoms with van der Waals surface area (Å²) in [6, 6.07) is 16.2. The Morgan fingerprint density at radius 3 is 2.59 bits per heavy atom. The molecule has 1 unspecified atom stereocenters. The van der Waals surface area contributed by atoms with E-state index in [0.29, 0.717) is 13.0 Å². The van der Waals surface area contributed by atoms with Gasteiger partial charge in [-0.25, -0.2) is 9.69 Å². The molecule has 0 aliphatic carbocycles. The summed E-state index contributed by atoms with van der Waals surface area (Å²) in [7, 11) is 0. The van der Waals surface area contributed by atoms with Gasteiger partial charge in [0, 0.05) is 24.2 Å². The fourth-order valence-electron chi connectivity index (χ4n) is 3.06. The molecule has 0 saturated carbocycles. The molecular formula is C22H22N4O2S. The van der Waals surface area contributed by atoms with E-state index in [1.165, 1.54) is 0 Å². The predicted octanol–water partition coefficient (Wildman–Crippen LogP) is 3.64. The Labute approximate surface area is 173 Å². The largest absolute Gasteiger partial charge is 0.334 e. The molecule has 3 aromatic rings. The van der Waals surface area contributed by atoms with Gasteiger partial charge in [0.15, 0.2) is 6.19 Å². The number of carbonyl (C=O) groups excluding carboxylic acids is 2. The summed E-state index contributed by atoms with van der Waals surface area (Å²) in [4.78, 5) is 26.4. The van der Waals surface area contributed by atoms with E-state index in [4.69, 9.17) is 0 Å². The average Bonchev–Trinajstić information content (AvgIpc) is 3.16. The van der Waals surface area contributed by atoms with Gasteiger partial charge in [0.1, 0.15) is 6.04 Å². The monoisotopic (exact) mass is 406 g/mol. The Morgan fingerprint density at radius 2 is 1.86 bits per heavy atom. The third kappa shape index (κ3) is 5.12. The van der Waals surface area contributed by atoms with Crippen LogP contribution >= 0.6 is 11.3 Å². The van der Waals surface area contributed by atoms with E-state index in [0.717, 1.165) is 26.1 Å². The van der Waals surface area contributed by atoms with Crippen LogP contribution in [0.25, 0.3) is 10.1 Å². The van der Waals surface area contributed by atoms with Crippen molar-refractivity contribution in [2.45, 2.75) is 25.9 Å². The van der Waals surface area contributed by atoms with Crippen LogP contribution in [-0.2, 0) is 17.8 Å². The number of hydrogen-bond acceptors (Lipinski definition) is 4. The zero-order valence-electron chi connectivity index (χ0n) is 16.1. The van der Waals surface area contributed by atoms with Crippen molar-refractivity contribution < 1.29 is 9.59 Å². The first-order chi connectivity index (χ1) is 14.1. The van der Waals surface area contributed by atoms with Gasteiger partial charge in [-0.3, -0.25) is 4.79 Å². The number of rotatable bonds is 7. The van der Waals surface area contributed by atoms with E-state index in [1.54, 1.807) is 18.3 Å². The van der Waals surface area contributed by atoms with Gasteiger partial charge in [-0.1, -0.05) is 48.5 Å². The molecule has 1 heterocycles. The highest BCUT2D eigenvalue weighted by atomic mass is 32.1. The van der Waals surface area contributed by atoms with Crippen LogP contribution in [0.2, 0.25) is 0 Å². The Bertz CT molecular complexity index is 1030. The molecule has 1 aromatic heterocycles. The molecule has 0 fully saturated rings. The van der Waals surface area contributed by atoms with Crippen molar-refractivity contribution >= 4 is 33.4 Å². The third-order valence-electron chi connectivity index (χ3n) is 4.59. The molecule has 29 heavy (non-hydrogen) atoms. The van der Waals surface area contributed by atoms with Gasteiger partial charge < -0.3 is 10.6 Å². The lowest BCUT2D eigenvalue weighted by Gasteiger charge is -2.22. The molecule has 2 N–H and O–H groups in total. The predicted molar refractivity (Wildman–Crippen MR) is 114 cm³/mol. The number of carbonyl (C=O) groups is 2. The van der Waals surface area contributed by atoms with Crippen LogP contribution in [0.5, 0.6) is 0 Å². The van der Waals surface area contributed by atoms with Crippen molar-refractivity contribution in [3.8, 4) is 6.19 Å². The standard InChI is InChI=1S/C22H22N4O2S/c1-2-26(15-23)21(27)19(12-17-14-29-20-11-7-6-10-18(17)20)25-22(28)24-13-16-8-4-3-5-9-16/h3-11,14,19H,2,12-13H2,1H3,(H2,24,25,28). The van der Waals surface area contributed by atoms with Gasteiger partial charge >= 0.3 is 6.03 Å². The number of nitriles is 1. The molecule has 1 atom stereocenters. The molecular weight excluding hydrogens is 384 g/mol. The summed E-state index contributed by atoms with van der Waals surface area (Å²) < 4.78 is 1.12. The Hall–Kier alpha value is -3.37. The molecule has 0 aliphatic heterocycles. The van der Waals surface area contributed by atoms with Gasteiger partial charge in [-0.2, -0.15) is 5.26 Å². The fourth-order valence-corrected chi connectivity index (χ4v) is 4.04. The Balaban J connectivity index is 1.74. The fraction of sp³-hybridized carbons (Fsp3) is 0.227. The van der Waals surface area contributed by atoms with E-state index in [-0.39, 0.29) is 6.54 Å². The minimum atomic E-state index is -0.830. The molecule has 7 heteroatoms. The van der Waals surface area contributed by atoms with E-state index in [2.05, 4.69) is 10.6 Å². The van der Waals surface area contributed by atoms with Gasteiger partial charge in [-0.05, 0) is 34.9 Å². The number of thiophene rings is 1. The number of hydrogen-bond donors (Lipinski definition) is 2. The molecule has 3 amide bonds. The lowest BCUT2D eigenvalue weighted by Crippen LogP contribution is -2.51. The normalized spacial score (nSPS) is 11.4. The summed E-state index contributed by atoms with van der Waals surface area (Å²) in [6.07, 6.45) is 2.21. The molecule has 3 rings (SSSR count). The molecule has 2 aromatic carbocycles. The highest BCUT2D eigenvalue weighted by Crippen LogP contribution is 2.26. The van der Waals surface area contributed by atoms with Crippen LogP contribution in [0.3, 0.4) is 0 Å². The van der Waals surface area contributed by atoms with Gasteiger partial charge in [0.05, 0.1) is 0 Å². The summed E-state index contributed by atoms with van der Waals surface area (Å²) in [5, 5.41) is 17.8. The summed E-state index contributed by atoms with van der Waals surface area (Å²) in [6.45, 7) is 2.34. The second-order valence-corrected chi connectivity index (χ2v) is 7.42. The number of fused-ring (bicyclic) bond motifs is 1. The molecule has 6 nitrogen and oxygen atoms in total. The maximum Gasteiger partial charge on any atom is 0.315 e. The smallest absolute Gasteiger partial charge is 0.315 e. The Kier molecular flexibility index (Phi) is 6.82. The molecule has 0 spiro atoms. The number of nitrogens with one attached hydrogen (secondary N) is 2. The first-order valence-electron chi connectivity index (χ1n) is 9.37. The number of likely N-dealkylation sites (N-methyl/N-ethyl adjacent to an activating group) is 1. The van der Waals surface area contributed by atoms with E-state index >= 15 is 0 Å². The number of amides is 3. The number of urea groups is 1. The van der Waals surface area contributed by atoms with Crippen LogP contribution < -0.4 is 10.6 Å². The average molecular weight is 407 g/mol. The van der Waals surface area contributed by atoms with Crippen molar-refractivity contribution in [1.29, 1.82) is 5.26 Å². The van der Waals surface area contributed by atoms with Crippen LogP contribution in [0.4, 0.5) is 4.79 Å². The number of nitrogens with zero attached hydrogens (tertiary/aromatic N) is 2. The number of benzene rings is 2. The van der Waals surface area contributed by atoms with Crippen LogP contribution in [0.15, 0.2) is 60.0 Å². The summed E-state index contributed by atoms with van der Waals surface area (Å²) >= 11 is 1.60. The van der Waals surface area contributed by atoms with Crippen LogP contribution in [0.1, 0.15) is 18.1 Å². The van der Waals surface area contributed by atoms with Gasteiger partial charge in [0.25, 0.3) is 5.91 Å². The maximum atomic E-state index is 12.8. The van der Waals surface area contributed by atoms with E-state index in [1.807, 2.05) is 66.2 Å². The molecule has 0 bridgehead atoms. The highest BCUT2D eigenvalue weighted by molar-refractivity contribution is 7.17. The van der Waals surface area contributed by atoms with Crippen molar-refractivity contribution in [2.75, 3.05) is 6.54 Å². The van der Waals surface area contributed by atoms with Gasteiger partial charge in [-0.15, -0.1) is 11.3 Å². The first kappa shape index (κ1) is 20.4. The molecule has 0 saturated heterocycles. The second-order valence-electron chi connectivity index (χ2n) is 6.51. The maximum absolute atomic E-state index is 12.8. The second kappa shape index (κ2) is 9.71. The molecule has 0 aliphatic rings. The minimum absolute atomic E-state index is 0.254. The van der Waals surface area contributed by atoms with Crippen molar-refractivity contribution in [3.63, 3.8) is 0 Å². The van der Waals surface area contributed by atoms with Crippen LogP contribution in [0, 0.1) is 11.5 Å². The lowest BCUT2D eigenvalue weighted by atomic mass is 10.0. The topological polar surface area (TPSA) is 85.2 Å². The molecule has 148 valence electrons. The lowest BCUT2D eigenvalue weighted by molar-refractivity contribution is -0.129. The van der Waals surface area contributed by atoms with Gasteiger partial charge in [0.2, 0.25) is 0 Å². The first-order valence-corrected chi connectivity index (χ1v) is 10.2. The zero-order valence-corrected chi connectivity index (χ0v) is 16.9. The SMILES string of the molecule is CCN(C#N)C(=O)C(Cc1csc2ccccc12)NC(=O)NCc1ccccc1. The zero-order chi connectivity index (χ0) is 20.6. The minimum Gasteiger partial charge on any atom is -0.334 e. The van der Waals surface area contributed by atoms with Crippen molar-refractivity contribution in [2.24, 2.45) is 0 Å². The quantitative estimate of drug-likeness (QED) is 0.464. The van der Waals surface area contributed by atoms with E-state index in [9.17, 15) is 14.9 Å². The Morgan fingerprint density at radius 1 is 1.14 bits per heavy atom. The van der Waals surface area contributed by atoms with Crippen molar-refractivity contribution in [1.82, 2.24) is 15.5 Å².